The van der Waals surface area contributed by atoms with Crippen LogP contribution in [0.3, 0.4) is 0 Å². The van der Waals surface area contributed by atoms with Crippen molar-refractivity contribution in [3.8, 4) is 0 Å². The van der Waals surface area contributed by atoms with Gasteiger partial charge in [0, 0.05) is 16.1 Å². The molecular weight excluding hydrogens is 185 g/mol. The molecule has 0 aliphatic carbocycles. The molecule has 0 aliphatic rings. The van der Waals surface area contributed by atoms with Crippen LogP contribution in [0.2, 0.25) is 0 Å². The molecule has 1 nitrogen and oxygen atoms in total. The Bertz CT molecular complexity index is 287. The number of halogens is 1. The number of nitrogen functional groups attached to an aromatic ring is 1. The Hall–Kier alpha value is -0.700. The predicted molar refractivity (Wildman–Crippen MR) is 56.7 cm³/mol. The number of hydrogen-bond donors (Lipinski definition) is 1. The highest BCUT2D eigenvalue weighted by molar-refractivity contribution is 7.98. The third-order valence-electron chi connectivity index (χ3n) is 1.95. The Kier molecular flexibility index (Phi) is 3.20. The lowest BCUT2D eigenvalue weighted by Gasteiger charge is -2.11. The van der Waals surface area contributed by atoms with E-state index in [1.807, 2.05) is 26.2 Å². The van der Waals surface area contributed by atoms with Crippen molar-refractivity contribution < 1.29 is 4.39 Å². The van der Waals surface area contributed by atoms with Gasteiger partial charge in [-0.15, -0.1) is 11.8 Å². The van der Waals surface area contributed by atoms with Crippen LogP contribution in [0.5, 0.6) is 0 Å². The highest BCUT2D eigenvalue weighted by Crippen LogP contribution is 2.29. The molecule has 0 amide bonds. The van der Waals surface area contributed by atoms with Crippen LogP contribution in [-0.2, 0) is 0 Å². The Labute approximate surface area is 82.5 Å². The number of hydrogen-bond acceptors (Lipinski definition) is 2. The van der Waals surface area contributed by atoms with E-state index < -0.39 is 0 Å². The van der Waals surface area contributed by atoms with E-state index in [9.17, 15) is 4.39 Å². The quantitative estimate of drug-likeness (QED) is 0.584. The zero-order valence-corrected chi connectivity index (χ0v) is 8.91. The van der Waals surface area contributed by atoms with Gasteiger partial charge in [-0.1, -0.05) is 13.8 Å². The minimum Gasteiger partial charge on any atom is -0.398 e. The normalized spacial score (nSPS) is 10.8. The van der Waals surface area contributed by atoms with Crippen molar-refractivity contribution in [3.05, 3.63) is 23.5 Å². The Morgan fingerprint density at radius 2 is 2.00 bits per heavy atom. The number of anilines is 1. The maximum Gasteiger partial charge on any atom is 0.129 e. The molecule has 72 valence electrons. The van der Waals surface area contributed by atoms with Crippen LogP contribution in [0.25, 0.3) is 0 Å². The van der Waals surface area contributed by atoms with Crippen molar-refractivity contribution in [1.29, 1.82) is 0 Å². The molecule has 0 aliphatic heterocycles. The second-order valence-electron chi connectivity index (χ2n) is 3.27. The molecule has 0 bridgehead atoms. The molecule has 0 spiro atoms. The van der Waals surface area contributed by atoms with E-state index in [4.69, 9.17) is 5.73 Å². The average molecular weight is 199 g/mol. The van der Waals surface area contributed by atoms with Crippen LogP contribution >= 0.6 is 11.8 Å². The highest BCUT2D eigenvalue weighted by Gasteiger charge is 2.11. The topological polar surface area (TPSA) is 26.0 Å². The van der Waals surface area contributed by atoms with E-state index in [0.717, 1.165) is 4.90 Å². The van der Waals surface area contributed by atoms with Crippen LogP contribution in [0.1, 0.15) is 25.3 Å². The predicted octanol–water partition coefficient (Wildman–Crippen LogP) is 3.25. The largest absolute Gasteiger partial charge is 0.398 e. The lowest BCUT2D eigenvalue weighted by molar-refractivity contribution is 0.596. The second kappa shape index (κ2) is 4.01. The Morgan fingerprint density at radius 3 is 2.38 bits per heavy atom. The maximum absolute atomic E-state index is 13.5. The number of rotatable bonds is 2. The van der Waals surface area contributed by atoms with Crippen LogP contribution in [0.15, 0.2) is 17.0 Å². The summed E-state index contributed by atoms with van der Waals surface area (Å²) in [6, 6.07) is 3.36. The fourth-order valence-corrected chi connectivity index (χ4v) is 1.81. The monoisotopic (exact) mass is 199 g/mol. The van der Waals surface area contributed by atoms with E-state index >= 15 is 0 Å². The van der Waals surface area contributed by atoms with Gasteiger partial charge in [0.25, 0.3) is 0 Å². The van der Waals surface area contributed by atoms with E-state index in [1.54, 1.807) is 0 Å². The Morgan fingerprint density at radius 1 is 1.38 bits per heavy atom. The summed E-state index contributed by atoms with van der Waals surface area (Å²) in [6.07, 6.45) is 1.91. The zero-order valence-electron chi connectivity index (χ0n) is 8.10. The van der Waals surface area contributed by atoms with E-state index in [1.165, 1.54) is 17.8 Å². The molecule has 0 fully saturated rings. The molecule has 3 heteroatoms. The van der Waals surface area contributed by atoms with Crippen LogP contribution in [0, 0.1) is 5.82 Å². The molecular formula is C10H14FNS. The SMILES string of the molecule is CSc1cc(N)c(C(C)C)c(F)c1. The maximum atomic E-state index is 13.5. The van der Waals surface area contributed by atoms with E-state index in [0.29, 0.717) is 11.3 Å². The molecule has 0 radical (unpaired) electrons. The van der Waals surface area contributed by atoms with Crippen molar-refractivity contribution >= 4 is 17.4 Å². The summed E-state index contributed by atoms with van der Waals surface area (Å²) in [5, 5.41) is 0. The molecule has 0 aromatic heterocycles. The van der Waals surface area contributed by atoms with Gasteiger partial charge in [-0.3, -0.25) is 0 Å². The molecule has 0 saturated heterocycles. The van der Waals surface area contributed by atoms with Gasteiger partial charge in [-0.25, -0.2) is 4.39 Å². The minimum absolute atomic E-state index is 0.135. The molecule has 0 saturated carbocycles. The minimum atomic E-state index is -0.195. The summed E-state index contributed by atoms with van der Waals surface area (Å²) in [4.78, 5) is 0.874. The third-order valence-corrected chi connectivity index (χ3v) is 2.66. The van der Waals surface area contributed by atoms with Gasteiger partial charge < -0.3 is 5.73 Å². The van der Waals surface area contributed by atoms with E-state index in [-0.39, 0.29) is 11.7 Å². The first-order valence-electron chi connectivity index (χ1n) is 4.19. The van der Waals surface area contributed by atoms with Gasteiger partial charge in [0.2, 0.25) is 0 Å². The van der Waals surface area contributed by atoms with Crippen LogP contribution in [0.4, 0.5) is 10.1 Å². The number of nitrogens with two attached hydrogens (primary N) is 1. The van der Waals surface area contributed by atoms with Gasteiger partial charge in [-0.2, -0.15) is 0 Å². The fourth-order valence-electron chi connectivity index (χ4n) is 1.34. The second-order valence-corrected chi connectivity index (χ2v) is 4.15. The molecule has 2 N–H and O–H groups in total. The molecule has 1 aromatic carbocycles. The summed E-state index contributed by atoms with van der Waals surface area (Å²) in [6.45, 7) is 3.88. The smallest absolute Gasteiger partial charge is 0.129 e. The third kappa shape index (κ3) is 2.15. The lowest BCUT2D eigenvalue weighted by atomic mass is 10.0. The van der Waals surface area contributed by atoms with Crippen LogP contribution in [-0.4, -0.2) is 6.26 Å². The number of thioether (sulfide) groups is 1. The van der Waals surface area contributed by atoms with Crippen molar-refractivity contribution in [2.24, 2.45) is 0 Å². The van der Waals surface area contributed by atoms with Gasteiger partial charge in [0.1, 0.15) is 5.82 Å². The van der Waals surface area contributed by atoms with Gasteiger partial charge in [-0.05, 0) is 24.3 Å². The standard InChI is InChI=1S/C10H14FNS/c1-6(2)10-8(11)4-7(13-3)5-9(10)12/h4-6H,12H2,1-3H3. The summed E-state index contributed by atoms with van der Waals surface area (Å²) >= 11 is 1.50. The van der Waals surface area contributed by atoms with Gasteiger partial charge in [0.05, 0.1) is 0 Å². The molecule has 0 heterocycles. The average Bonchev–Trinajstić information content (AvgIpc) is 2.02. The first kappa shape index (κ1) is 10.4. The molecule has 1 rings (SSSR count). The lowest BCUT2D eigenvalue weighted by Crippen LogP contribution is -2.00. The van der Waals surface area contributed by atoms with Crippen molar-refractivity contribution in [3.63, 3.8) is 0 Å². The van der Waals surface area contributed by atoms with Gasteiger partial charge >= 0.3 is 0 Å². The zero-order chi connectivity index (χ0) is 10.0. The molecule has 0 unspecified atom stereocenters. The summed E-state index contributed by atoms with van der Waals surface area (Å²) in [7, 11) is 0. The summed E-state index contributed by atoms with van der Waals surface area (Å²) in [5.74, 6) is -0.0599. The van der Waals surface area contributed by atoms with E-state index in [2.05, 4.69) is 0 Å². The van der Waals surface area contributed by atoms with Crippen LogP contribution < -0.4 is 5.73 Å². The molecule has 13 heavy (non-hydrogen) atoms. The first-order chi connectivity index (χ1) is 6.06. The van der Waals surface area contributed by atoms with Crippen molar-refractivity contribution in [2.75, 3.05) is 12.0 Å². The molecule has 1 aromatic rings. The fraction of sp³-hybridized carbons (Fsp3) is 0.400. The van der Waals surface area contributed by atoms with Crippen molar-refractivity contribution in [2.45, 2.75) is 24.7 Å². The summed E-state index contributed by atoms with van der Waals surface area (Å²) in [5.41, 5.74) is 6.92. The number of benzene rings is 1. The van der Waals surface area contributed by atoms with Gasteiger partial charge in [0.15, 0.2) is 0 Å². The molecule has 0 atom stereocenters. The highest BCUT2D eigenvalue weighted by atomic mass is 32.2. The van der Waals surface area contributed by atoms with Crippen molar-refractivity contribution in [1.82, 2.24) is 0 Å². The first-order valence-corrected chi connectivity index (χ1v) is 5.41. The summed E-state index contributed by atoms with van der Waals surface area (Å²) < 4.78 is 13.5. The Balaban J connectivity index is 3.23.